The summed E-state index contributed by atoms with van der Waals surface area (Å²) in [5.74, 6) is 2.01. The number of carbonyl (C=O) groups excluding carboxylic acids is 1. The van der Waals surface area contributed by atoms with Crippen molar-refractivity contribution in [3.05, 3.63) is 94.5 Å². The van der Waals surface area contributed by atoms with Crippen LogP contribution in [0, 0.1) is 31.6 Å². The van der Waals surface area contributed by atoms with Gasteiger partial charge in [0.1, 0.15) is 5.76 Å². The summed E-state index contributed by atoms with van der Waals surface area (Å²) in [6.45, 7) is 8.06. The van der Waals surface area contributed by atoms with E-state index in [4.69, 9.17) is 9.73 Å². The highest BCUT2D eigenvalue weighted by molar-refractivity contribution is 6.10. The van der Waals surface area contributed by atoms with Gasteiger partial charge < -0.3 is 9.64 Å². The molecule has 3 heterocycles. The highest BCUT2D eigenvalue weighted by Crippen LogP contribution is 2.36. The highest BCUT2D eigenvalue weighted by atomic mass is 16.5. The lowest BCUT2D eigenvalue weighted by Crippen LogP contribution is -2.41. The van der Waals surface area contributed by atoms with Crippen LogP contribution in [0.5, 0.6) is 0 Å². The van der Waals surface area contributed by atoms with Crippen molar-refractivity contribution >= 4 is 17.8 Å². The number of hydrogen-bond donors (Lipinski definition) is 0. The molecular formula is C34H41N3O2. The molecule has 3 aliphatic heterocycles. The normalized spacial score (nSPS) is 25.4. The first-order valence-electron chi connectivity index (χ1n) is 14.4. The summed E-state index contributed by atoms with van der Waals surface area (Å²) < 4.78 is 5.47. The van der Waals surface area contributed by atoms with Gasteiger partial charge in [0.25, 0.3) is 0 Å². The fourth-order valence-electron chi connectivity index (χ4n) is 6.06. The number of carbonyl (C=O) groups is 1. The summed E-state index contributed by atoms with van der Waals surface area (Å²) in [6, 6.07) is 6.51. The molecule has 1 aromatic carbocycles. The fourth-order valence-corrected chi connectivity index (χ4v) is 6.06. The van der Waals surface area contributed by atoms with Gasteiger partial charge in [-0.25, -0.2) is 0 Å². The minimum Gasteiger partial charge on any atom is -0.497 e. The number of piperidine rings is 1. The average molecular weight is 524 g/mol. The molecule has 0 aromatic heterocycles. The molecule has 0 spiro atoms. The maximum atomic E-state index is 13.6. The number of likely N-dealkylation sites (tertiary alicyclic amines) is 1. The van der Waals surface area contributed by atoms with Gasteiger partial charge >= 0.3 is 0 Å². The number of allylic oxidation sites excluding steroid dienone is 8. The van der Waals surface area contributed by atoms with Crippen LogP contribution in [0.3, 0.4) is 0 Å². The van der Waals surface area contributed by atoms with Crippen molar-refractivity contribution in [1.82, 2.24) is 4.90 Å². The number of aryl methyl sites for hydroxylation is 2. The lowest BCUT2D eigenvalue weighted by Gasteiger charge is -2.35. The topological polar surface area (TPSA) is 54.3 Å². The second-order valence-electron chi connectivity index (χ2n) is 11.3. The zero-order valence-corrected chi connectivity index (χ0v) is 23.8. The van der Waals surface area contributed by atoms with Crippen LogP contribution in [0.2, 0.25) is 0 Å². The Labute approximate surface area is 233 Å². The van der Waals surface area contributed by atoms with Crippen LogP contribution in [0.15, 0.2) is 87.7 Å². The van der Waals surface area contributed by atoms with Crippen LogP contribution in [0.25, 0.3) is 0 Å². The summed E-state index contributed by atoms with van der Waals surface area (Å²) in [5.41, 5.74) is 7.14. The summed E-state index contributed by atoms with van der Waals surface area (Å²) in [5, 5.41) is 0. The van der Waals surface area contributed by atoms with E-state index in [1.54, 1.807) is 7.11 Å². The van der Waals surface area contributed by atoms with Crippen LogP contribution >= 0.6 is 0 Å². The van der Waals surface area contributed by atoms with Gasteiger partial charge in [0, 0.05) is 61.7 Å². The van der Waals surface area contributed by atoms with Crippen molar-refractivity contribution < 1.29 is 9.53 Å². The zero-order valence-electron chi connectivity index (χ0n) is 23.8. The molecule has 1 aliphatic carbocycles. The number of hydrogen-bond acceptors (Lipinski definition) is 4. The van der Waals surface area contributed by atoms with Crippen LogP contribution in [0.1, 0.15) is 55.7 Å². The van der Waals surface area contributed by atoms with Gasteiger partial charge in [0.15, 0.2) is 0 Å². The SMILES string of the molecule is COC1=CCC=NC(C2CCN(C(=O)C[C@@H]3N=C(c4ccc(C)c(C)c4)C=C(C4C=CC=CC4)[C@H]3C)CC2)=C1. The molecule has 1 saturated heterocycles. The van der Waals surface area contributed by atoms with Gasteiger partial charge in [-0.3, -0.25) is 14.8 Å². The number of ether oxygens (including phenoxy) is 1. The van der Waals surface area contributed by atoms with Gasteiger partial charge in [0.05, 0.1) is 18.9 Å². The first-order chi connectivity index (χ1) is 18.9. The lowest BCUT2D eigenvalue weighted by atomic mass is 9.77. The van der Waals surface area contributed by atoms with E-state index in [1.165, 1.54) is 16.7 Å². The molecular weight excluding hydrogens is 482 g/mol. The summed E-state index contributed by atoms with van der Waals surface area (Å²) in [4.78, 5) is 25.5. The number of benzene rings is 1. The Bertz CT molecular complexity index is 1300. The Morgan fingerprint density at radius 3 is 2.64 bits per heavy atom. The quantitative estimate of drug-likeness (QED) is 0.417. The third-order valence-corrected chi connectivity index (χ3v) is 8.76. The number of methoxy groups -OCH3 is 1. The highest BCUT2D eigenvalue weighted by Gasteiger charge is 2.33. The van der Waals surface area contributed by atoms with Gasteiger partial charge in [0.2, 0.25) is 5.91 Å². The molecule has 1 amide bonds. The van der Waals surface area contributed by atoms with Gasteiger partial charge in [-0.1, -0.05) is 48.9 Å². The molecule has 1 aromatic rings. The molecule has 5 rings (SSSR count). The third kappa shape index (κ3) is 6.24. The van der Waals surface area contributed by atoms with Crippen molar-refractivity contribution in [3.8, 4) is 0 Å². The molecule has 204 valence electrons. The maximum Gasteiger partial charge on any atom is 0.224 e. The minimum absolute atomic E-state index is 0.0605. The van der Waals surface area contributed by atoms with Crippen LogP contribution in [-0.2, 0) is 9.53 Å². The summed E-state index contributed by atoms with van der Waals surface area (Å²) >= 11 is 0. The largest absolute Gasteiger partial charge is 0.497 e. The first-order valence-corrected chi connectivity index (χ1v) is 14.4. The van der Waals surface area contributed by atoms with Crippen molar-refractivity contribution in [1.29, 1.82) is 0 Å². The smallest absolute Gasteiger partial charge is 0.224 e. The molecule has 4 aliphatic rings. The number of nitrogens with zero attached hydrogens (tertiary/aromatic N) is 3. The molecule has 5 heteroatoms. The van der Waals surface area contributed by atoms with Crippen molar-refractivity contribution in [2.45, 2.75) is 58.9 Å². The molecule has 0 N–H and O–H groups in total. The van der Waals surface area contributed by atoms with E-state index in [-0.39, 0.29) is 17.9 Å². The van der Waals surface area contributed by atoms with Crippen LogP contribution in [0.4, 0.5) is 0 Å². The number of rotatable bonds is 6. The Kier molecular flexibility index (Phi) is 8.44. The number of amides is 1. The zero-order chi connectivity index (χ0) is 27.4. The Morgan fingerprint density at radius 1 is 1.10 bits per heavy atom. The molecule has 39 heavy (non-hydrogen) atoms. The van der Waals surface area contributed by atoms with E-state index in [2.05, 4.69) is 86.5 Å². The predicted octanol–water partition coefficient (Wildman–Crippen LogP) is 6.69. The molecule has 1 unspecified atom stereocenters. The monoisotopic (exact) mass is 523 g/mol. The predicted molar refractivity (Wildman–Crippen MR) is 160 cm³/mol. The first kappa shape index (κ1) is 27.1. The van der Waals surface area contributed by atoms with Crippen molar-refractivity contribution in [2.24, 2.45) is 27.7 Å². The molecule has 5 nitrogen and oxygen atoms in total. The van der Waals surface area contributed by atoms with Crippen LogP contribution in [-0.4, -0.2) is 49.0 Å². The second kappa shape index (κ2) is 12.1. The second-order valence-corrected chi connectivity index (χ2v) is 11.3. The van der Waals surface area contributed by atoms with E-state index in [1.807, 2.05) is 11.1 Å². The number of aliphatic imine (C=N–C) groups is 2. The molecule has 0 saturated carbocycles. The fraction of sp³-hybridized carbons (Fsp3) is 0.441. The van der Waals surface area contributed by atoms with E-state index < -0.39 is 0 Å². The van der Waals surface area contributed by atoms with Crippen molar-refractivity contribution in [2.75, 3.05) is 20.2 Å². The standard InChI is InChI=1S/C34H41N3O2/c1-23-12-13-28(19-24(23)2)33-21-30(26-9-6-5-7-10-26)25(3)31(36-33)22-34(38)37-17-14-27(15-18-37)32-20-29(39-4)11-8-16-35-32/h5-7,9,11-13,16,19-21,25-27,31H,8,10,14-15,17-18,22H2,1-4H3/t25-,26?,31+/m1/s1. The van der Waals surface area contributed by atoms with Crippen molar-refractivity contribution in [3.63, 3.8) is 0 Å². The molecule has 0 bridgehead atoms. The number of dihydropyridines is 1. The van der Waals surface area contributed by atoms with Gasteiger partial charge in [-0.15, -0.1) is 0 Å². The lowest BCUT2D eigenvalue weighted by molar-refractivity contribution is -0.133. The Hall–Kier alpha value is -3.47. The minimum atomic E-state index is -0.0605. The molecule has 3 atom stereocenters. The summed E-state index contributed by atoms with van der Waals surface area (Å²) in [7, 11) is 1.70. The Balaban J connectivity index is 1.31. The van der Waals surface area contributed by atoms with E-state index in [0.29, 0.717) is 18.3 Å². The summed E-state index contributed by atoms with van der Waals surface area (Å²) in [6.07, 6.45) is 21.2. The third-order valence-electron chi connectivity index (χ3n) is 8.76. The van der Waals surface area contributed by atoms with Crippen LogP contribution < -0.4 is 0 Å². The molecule has 1 fully saturated rings. The maximum absolute atomic E-state index is 13.6. The van der Waals surface area contributed by atoms with E-state index in [0.717, 1.165) is 61.5 Å². The van der Waals surface area contributed by atoms with E-state index in [9.17, 15) is 4.79 Å². The molecule has 0 radical (unpaired) electrons. The van der Waals surface area contributed by atoms with E-state index >= 15 is 0 Å². The average Bonchev–Trinajstić information content (AvgIpc) is 3.22. The van der Waals surface area contributed by atoms with Gasteiger partial charge in [-0.2, -0.15) is 0 Å². The van der Waals surface area contributed by atoms with Gasteiger partial charge in [-0.05, 0) is 68.0 Å². The Morgan fingerprint density at radius 2 is 1.92 bits per heavy atom.